The molecule has 9 heteroatoms. The minimum atomic E-state index is -0.288. The third-order valence-corrected chi connectivity index (χ3v) is 7.64. The highest BCUT2D eigenvalue weighted by atomic mass is 32.1. The highest BCUT2D eigenvalue weighted by molar-refractivity contribution is 7.20. The zero-order valence-corrected chi connectivity index (χ0v) is 19.4. The average Bonchev–Trinajstić information content (AvgIpc) is 3.47. The van der Waals surface area contributed by atoms with Gasteiger partial charge < -0.3 is 10.2 Å². The molecule has 2 fully saturated rings. The zero-order chi connectivity index (χ0) is 22.9. The van der Waals surface area contributed by atoms with Gasteiger partial charge in [0.15, 0.2) is 0 Å². The van der Waals surface area contributed by atoms with Crippen LogP contribution in [0.15, 0.2) is 36.5 Å². The summed E-state index contributed by atoms with van der Waals surface area (Å²) in [6.45, 7) is 1.26. The smallest absolute Gasteiger partial charge is 0.321 e. The van der Waals surface area contributed by atoms with Crippen LogP contribution >= 0.6 is 11.3 Å². The first-order chi connectivity index (χ1) is 16.0. The number of carbonyl (C=O) groups is 3. The quantitative estimate of drug-likeness (QED) is 0.549. The van der Waals surface area contributed by atoms with Crippen LogP contribution in [0.2, 0.25) is 0 Å². The number of hydrogen-bond donors (Lipinski definition) is 1. The maximum Gasteiger partial charge on any atom is 0.327 e. The second kappa shape index (κ2) is 8.97. The molecule has 0 unspecified atom stereocenters. The van der Waals surface area contributed by atoms with Crippen molar-refractivity contribution in [3.05, 3.63) is 47.0 Å². The second-order valence-electron chi connectivity index (χ2n) is 8.97. The Morgan fingerprint density at radius 1 is 1.15 bits per heavy atom. The Bertz CT molecular complexity index is 1190. The van der Waals surface area contributed by atoms with Crippen LogP contribution in [-0.2, 0) is 17.9 Å². The number of carbonyl (C=O) groups excluding carboxylic acids is 3. The van der Waals surface area contributed by atoms with E-state index in [1.165, 1.54) is 53.2 Å². The lowest BCUT2D eigenvalue weighted by Gasteiger charge is -2.21. The van der Waals surface area contributed by atoms with E-state index in [-0.39, 0.29) is 30.9 Å². The van der Waals surface area contributed by atoms with Crippen molar-refractivity contribution in [3.8, 4) is 0 Å². The highest BCUT2D eigenvalue weighted by Gasteiger charge is 2.33. The Kier molecular flexibility index (Phi) is 5.88. The van der Waals surface area contributed by atoms with Crippen LogP contribution in [0.1, 0.15) is 47.3 Å². The van der Waals surface area contributed by atoms with Gasteiger partial charge in [-0.15, -0.1) is 11.3 Å². The monoisotopic (exact) mass is 465 g/mol. The molecular formula is C24H27N5O3S. The average molecular weight is 466 g/mol. The summed E-state index contributed by atoms with van der Waals surface area (Å²) in [6.07, 6.45) is 8.29. The molecule has 0 bridgehead atoms. The summed E-state index contributed by atoms with van der Waals surface area (Å²) in [5.74, 6) is 0.317. The predicted molar refractivity (Wildman–Crippen MR) is 127 cm³/mol. The van der Waals surface area contributed by atoms with Gasteiger partial charge in [0, 0.05) is 24.7 Å². The number of nitrogens with zero attached hydrogens (tertiary/aromatic N) is 4. The molecule has 5 rings (SSSR count). The molecule has 8 nitrogen and oxygen atoms in total. The van der Waals surface area contributed by atoms with Crippen LogP contribution in [0, 0.1) is 5.92 Å². The van der Waals surface area contributed by atoms with E-state index in [1.807, 2.05) is 24.4 Å². The number of hydrogen-bond acceptors (Lipinski definition) is 5. The van der Waals surface area contributed by atoms with Crippen molar-refractivity contribution in [1.29, 1.82) is 0 Å². The van der Waals surface area contributed by atoms with Gasteiger partial charge in [-0.25, -0.2) is 4.79 Å². The molecule has 1 aliphatic heterocycles. The Balaban J connectivity index is 1.23. The molecule has 0 spiro atoms. The fraction of sp³-hybridized carbons (Fsp3) is 0.417. The van der Waals surface area contributed by atoms with E-state index < -0.39 is 0 Å². The van der Waals surface area contributed by atoms with Gasteiger partial charge in [0.2, 0.25) is 0 Å². The van der Waals surface area contributed by atoms with Gasteiger partial charge in [0.25, 0.3) is 11.8 Å². The third kappa shape index (κ3) is 4.50. The summed E-state index contributed by atoms with van der Waals surface area (Å²) in [6, 6.07) is 8.84. The largest absolute Gasteiger partial charge is 0.327 e. The molecule has 0 atom stereocenters. The number of anilines is 1. The van der Waals surface area contributed by atoms with E-state index in [0.29, 0.717) is 16.5 Å². The Hall–Kier alpha value is -3.20. The summed E-state index contributed by atoms with van der Waals surface area (Å²) in [4.78, 5) is 41.2. The number of fused-ring (bicyclic) bond motifs is 1. The number of thiophene rings is 1. The maximum atomic E-state index is 12.8. The third-order valence-electron chi connectivity index (χ3n) is 6.47. The van der Waals surface area contributed by atoms with Gasteiger partial charge in [0.05, 0.1) is 17.6 Å². The van der Waals surface area contributed by atoms with Crippen LogP contribution in [0.3, 0.4) is 0 Å². The normalized spacial score (nSPS) is 17.4. The van der Waals surface area contributed by atoms with Crippen LogP contribution in [-0.4, -0.2) is 51.0 Å². The lowest BCUT2D eigenvalue weighted by atomic mass is 9.89. The van der Waals surface area contributed by atoms with E-state index in [4.69, 9.17) is 0 Å². The molecule has 172 valence electrons. The van der Waals surface area contributed by atoms with Gasteiger partial charge in [-0.1, -0.05) is 31.4 Å². The van der Waals surface area contributed by atoms with Crippen LogP contribution in [0.5, 0.6) is 0 Å². The molecule has 4 amide bonds. The Morgan fingerprint density at radius 2 is 1.91 bits per heavy atom. The van der Waals surface area contributed by atoms with Gasteiger partial charge in [-0.3, -0.25) is 19.2 Å². The molecule has 3 heterocycles. The number of aromatic nitrogens is 2. The molecule has 1 N–H and O–H groups in total. The highest BCUT2D eigenvalue weighted by Crippen LogP contribution is 2.30. The summed E-state index contributed by atoms with van der Waals surface area (Å²) >= 11 is 1.47. The van der Waals surface area contributed by atoms with E-state index >= 15 is 0 Å². The summed E-state index contributed by atoms with van der Waals surface area (Å²) in [7, 11) is 1.61. The van der Waals surface area contributed by atoms with Gasteiger partial charge in [-0.05, 0) is 42.5 Å². The van der Waals surface area contributed by atoms with Crippen molar-refractivity contribution < 1.29 is 14.4 Å². The van der Waals surface area contributed by atoms with E-state index in [0.717, 1.165) is 22.3 Å². The molecule has 1 aliphatic carbocycles. The molecular weight excluding hydrogens is 438 g/mol. The Labute approximate surface area is 196 Å². The number of likely N-dealkylation sites (N-methyl/N-ethyl adjacent to an activating group) is 1. The van der Waals surface area contributed by atoms with Crippen molar-refractivity contribution in [2.24, 2.45) is 5.92 Å². The van der Waals surface area contributed by atoms with Crippen molar-refractivity contribution in [3.63, 3.8) is 0 Å². The van der Waals surface area contributed by atoms with Crippen LogP contribution < -0.4 is 5.32 Å². The second-order valence-corrected chi connectivity index (χ2v) is 10.0. The molecule has 1 saturated heterocycles. The first kappa shape index (κ1) is 21.6. The van der Waals surface area contributed by atoms with E-state index in [1.54, 1.807) is 19.2 Å². The van der Waals surface area contributed by atoms with Crippen molar-refractivity contribution in [1.82, 2.24) is 19.6 Å². The topological polar surface area (TPSA) is 87.5 Å². The Morgan fingerprint density at radius 3 is 2.61 bits per heavy atom. The molecule has 1 aromatic carbocycles. The molecule has 2 aliphatic rings. The van der Waals surface area contributed by atoms with Gasteiger partial charge in [-0.2, -0.15) is 5.10 Å². The van der Waals surface area contributed by atoms with Gasteiger partial charge >= 0.3 is 6.03 Å². The van der Waals surface area contributed by atoms with E-state index in [2.05, 4.69) is 15.1 Å². The predicted octanol–water partition coefficient (Wildman–Crippen LogP) is 4.32. The minimum absolute atomic E-state index is 0.112. The number of imide groups is 1. The van der Waals surface area contributed by atoms with Crippen LogP contribution in [0.4, 0.5) is 10.5 Å². The van der Waals surface area contributed by atoms with Gasteiger partial charge in [0.1, 0.15) is 11.4 Å². The SMILES string of the molecule is CN1CC(=O)N(Cc2ccc(NC(=O)c3cc4cnn(CC5CCCCC5)c4s3)cc2)C1=O. The van der Waals surface area contributed by atoms with Crippen LogP contribution in [0.25, 0.3) is 10.2 Å². The fourth-order valence-electron chi connectivity index (χ4n) is 4.62. The summed E-state index contributed by atoms with van der Waals surface area (Å²) in [5.41, 5.74) is 1.50. The number of rotatable bonds is 6. The summed E-state index contributed by atoms with van der Waals surface area (Å²) in [5, 5.41) is 8.48. The number of amides is 4. The number of nitrogens with one attached hydrogen (secondary N) is 1. The van der Waals surface area contributed by atoms with E-state index in [9.17, 15) is 14.4 Å². The lowest BCUT2D eigenvalue weighted by molar-refractivity contribution is -0.125. The molecule has 0 radical (unpaired) electrons. The number of urea groups is 1. The molecule has 2 aromatic heterocycles. The molecule has 33 heavy (non-hydrogen) atoms. The zero-order valence-electron chi connectivity index (χ0n) is 18.6. The van der Waals surface area contributed by atoms with Crippen molar-refractivity contribution in [2.45, 2.75) is 45.2 Å². The van der Waals surface area contributed by atoms with Crippen molar-refractivity contribution >= 4 is 45.1 Å². The molecule has 3 aromatic rings. The lowest BCUT2D eigenvalue weighted by Crippen LogP contribution is -2.31. The first-order valence-electron chi connectivity index (χ1n) is 11.4. The minimum Gasteiger partial charge on any atom is -0.321 e. The standard InChI is InChI=1S/C24H27N5O3S/c1-27-15-21(30)28(24(27)32)13-17-7-9-19(10-8-17)26-22(31)20-11-18-12-25-29(23(18)33-20)14-16-5-3-2-4-6-16/h7-12,16H,2-6,13-15H2,1H3,(H,26,31). The fourth-order valence-corrected chi connectivity index (χ4v) is 5.62. The van der Waals surface area contributed by atoms with Crippen molar-refractivity contribution in [2.75, 3.05) is 18.9 Å². The maximum absolute atomic E-state index is 12.8. The number of benzene rings is 1. The first-order valence-corrected chi connectivity index (χ1v) is 12.2. The molecule has 1 saturated carbocycles. The summed E-state index contributed by atoms with van der Waals surface area (Å²) < 4.78 is 2.06.